The maximum absolute atomic E-state index is 13.3. The molecule has 130 valence electrons. The average molecular weight is 355 g/mol. The van der Waals surface area contributed by atoms with E-state index in [-0.39, 0.29) is 11.8 Å². The Hall–Kier alpha value is -2.21. The third kappa shape index (κ3) is 2.95. The summed E-state index contributed by atoms with van der Waals surface area (Å²) >= 11 is 1.42. The Morgan fingerprint density at radius 2 is 1.88 bits per heavy atom. The first-order valence-electron chi connectivity index (χ1n) is 8.74. The van der Waals surface area contributed by atoms with E-state index in [1.165, 1.54) is 11.3 Å². The number of aromatic nitrogens is 1. The summed E-state index contributed by atoms with van der Waals surface area (Å²) in [7, 11) is 0. The van der Waals surface area contributed by atoms with Crippen molar-refractivity contribution in [2.45, 2.75) is 25.7 Å². The van der Waals surface area contributed by atoms with E-state index in [1.54, 1.807) is 10.9 Å². The first-order chi connectivity index (χ1) is 12.2. The summed E-state index contributed by atoms with van der Waals surface area (Å²) in [4.78, 5) is 33.9. The molecule has 2 amide bonds. The highest BCUT2D eigenvalue weighted by molar-refractivity contribution is 7.07. The zero-order chi connectivity index (χ0) is 17.3. The Labute approximate surface area is 151 Å². The molecular weight excluding hydrogens is 334 g/mol. The second-order valence-corrected chi connectivity index (χ2v) is 7.60. The monoisotopic (exact) mass is 355 g/mol. The van der Waals surface area contributed by atoms with Crippen molar-refractivity contribution >= 4 is 28.8 Å². The van der Waals surface area contributed by atoms with Gasteiger partial charge in [-0.25, -0.2) is 4.98 Å². The number of nitrogens with zero attached hydrogens (tertiary/aromatic N) is 3. The number of amides is 2. The fourth-order valence-electron chi connectivity index (χ4n) is 4.09. The van der Waals surface area contributed by atoms with Gasteiger partial charge in [-0.3, -0.25) is 9.59 Å². The van der Waals surface area contributed by atoms with E-state index in [0.29, 0.717) is 18.8 Å². The molecule has 25 heavy (non-hydrogen) atoms. The minimum atomic E-state index is -0.446. The van der Waals surface area contributed by atoms with Gasteiger partial charge in [0.1, 0.15) is 5.69 Å². The SMILES string of the molecule is O=C(c1cscn1)N1CCCC2(CCCN(c3ccccc3)C2=O)C1. The molecule has 0 N–H and O–H groups in total. The first kappa shape index (κ1) is 16.3. The highest BCUT2D eigenvalue weighted by Gasteiger charge is 2.47. The van der Waals surface area contributed by atoms with E-state index in [1.807, 2.05) is 40.1 Å². The Kier molecular flexibility index (Phi) is 4.29. The zero-order valence-electron chi connectivity index (χ0n) is 14.1. The van der Waals surface area contributed by atoms with Crippen LogP contribution >= 0.6 is 11.3 Å². The van der Waals surface area contributed by atoms with Crippen LogP contribution in [-0.2, 0) is 4.79 Å². The number of benzene rings is 1. The molecule has 2 aromatic rings. The van der Waals surface area contributed by atoms with E-state index in [2.05, 4.69) is 4.98 Å². The van der Waals surface area contributed by atoms with Crippen molar-refractivity contribution in [2.75, 3.05) is 24.5 Å². The van der Waals surface area contributed by atoms with Crippen molar-refractivity contribution in [3.63, 3.8) is 0 Å². The van der Waals surface area contributed by atoms with Gasteiger partial charge in [-0.15, -0.1) is 11.3 Å². The summed E-state index contributed by atoms with van der Waals surface area (Å²) < 4.78 is 0. The second-order valence-electron chi connectivity index (χ2n) is 6.88. The van der Waals surface area contributed by atoms with Gasteiger partial charge in [0.05, 0.1) is 10.9 Å². The summed E-state index contributed by atoms with van der Waals surface area (Å²) in [6.45, 7) is 1.97. The largest absolute Gasteiger partial charge is 0.336 e. The van der Waals surface area contributed by atoms with E-state index in [0.717, 1.165) is 37.9 Å². The molecule has 2 saturated heterocycles. The van der Waals surface area contributed by atoms with Gasteiger partial charge in [-0.05, 0) is 37.8 Å². The van der Waals surface area contributed by atoms with Crippen LogP contribution in [0.25, 0.3) is 0 Å². The zero-order valence-corrected chi connectivity index (χ0v) is 14.9. The minimum absolute atomic E-state index is 0.0510. The molecule has 2 aliphatic rings. The summed E-state index contributed by atoms with van der Waals surface area (Å²) in [5.74, 6) is 0.116. The molecule has 0 saturated carbocycles. The number of anilines is 1. The predicted molar refractivity (Wildman–Crippen MR) is 97.7 cm³/mol. The molecule has 1 spiro atoms. The van der Waals surface area contributed by atoms with E-state index >= 15 is 0 Å². The highest BCUT2D eigenvalue weighted by Crippen LogP contribution is 2.41. The lowest BCUT2D eigenvalue weighted by molar-refractivity contribution is -0.133. The number of carbonyl (C=O) groups excluding carboxylic acids is 2. The standard InChI is InChI=1S/C19H21N3O2S/c23-17(16-12-25-14-20-16)21-10-4-8-19(13-21)9-5-11-22(18(19)24)15-6-2-1-3-7-15/h1-3,6-7,12,14H,4-5,8-11,13H2. The molecule has 6 heteroatoms. The maximum Gasteiger partial charge on any atom is 0.273 e. The first-order valence-corrected chi connectivity index (χ1v) is 9.68. The van der Waals surface area contributed by atoms with Crippen LogP contribution in [-0.4, -0.2) is 41.3 Å². The number of para-hydroxylation sites is 1. The van der Waals surface area contributed by atoms with Gasteiger partial charge in [0.2, 0.25) is 5.91 Å². The Bertz CT molecular complexity index is 758. The van der Waals surface area contributed by atoms with E-state index in [9.17, 15) is 9.59 Å². The van der Waals surface area contributed by atoms with Crippen molar-refractivity contribution in [1.82, 2.24) is 9.88 Å². The maximum atomic E-state index is 13.3. The van der Waals surface area contributed by atoms with Crippen LogP contribution < -0.4 is 4.90 Å². The summed E-state index contributed by atoms with van der Waals surface area (Å²) in [5, 5.41) is 1.78. The molecule has 2 fully saturated rings. The van der Waals surface area contributed by atoms with Gasteiger partial charge in [0.25, 0.3) is 5.91 Å². The van der Waals surface area contributed by atoms with Crippen molar-refractivity contribution in [3.8, 4) is 0 Å². The van der Waals surface area contributed by atoms with Crippen LogP contribution in [0.1, 0.15) is 36.2 Å². The normalized spacial score (nSPS) is 23.9. The average Bonchev–Trinajstić information content (AvgIpc) is 3.19. The third-order valence-corrected chi connectivity index (χ3v) is 5.91. The molecule has 0 bridgehead atoms. The van der Waals surface area contributed by atoms with E-state index < -0.39 is 5.41 Å². The number of likely N-dealkylation sites (tertiary alicyclic amines) is 1. The Morgan fingerprint density at radius 1 is 1.12 bits per heavy atom. The third-order valence-electron chi connectivity index (χ3n) is 5.32. The van der Waals surface area contributed by atoms with Gasteiger partial charge in [0.15, 0.2) is 0 Å². The van der Waals surface area contributed by atoms with Gasteiger partial charge >= 0.3 is 0 Å². The molecule has 5 nitrogen and oxygen atoms in total. The number of rotatable bonds is 2. The van der Waals surface area contributed by atoms with Crippen LogP contribution in [0.3, 0.4) is 0 Å². The lowest BCUT2D eigenvalue weighted by Crippen LogP contribution is -2.57. The van der Waals surface area contributed by atoms with Crippen LogP contribution in [0.4, 0.5) is 5.69 Å². The molecule has 0 radical (unpaired) electrons. The molecule has 1 aromatic heterocycles. The summed E-state index contributed by atoms with van der Waals surface area (Å²) in [6.07, 6.45) is 3.55. The predicted octanol–water partition coefficient (Wildman–Crippen LogP) is 3.19. The van der Waals surface area contributed by atoms with Gasteiger partial charge in [-0.1, -0.05) is 18.2 Å². The van der Waals surface area contributed by atoms with Crippen LogP contribution in [0.2, 0.25) is 0 Å². The Balaban J connectivity index is 1.58. The number of thiazole rings is 1. The van der Waals surface area contributed by atoms with Gasteiger partial charge in [0, 0.05) is 30.7 Å². The molecular formula is C19H21N3O2S. The quantitative estimate of drug-likeness (QED) is 0.831. The van der Waals surface area contributed by atoms with Crippen LogP contribution in [0.15, 0.2) is 41.2 Å². The van der Waals surface area contributed by atoms with Crippen molar-refractivity contribution in [2.24, 2.45) is 5.41 Å². The molecule has 0 aliphatic carbocycles. The van der Waals surface area contributed by atoms with Crippen molar-refractivity contribution in [3.05, 3.63) is 46.9 Å². The van der Waals surface area contributed by atoms with Crippen molar-refractivity contribution in [1.29, 1.82) is 0 Å². The second kappa shape index (κ2) is 6.59. The lowest BCUT2D eigenvalue weighted by atomic mass is 9.72. The Morgan fingerprint density at radius 3 is 2.60 bits per heavy atom. The van der Waals surface area contributed by atoms with Crippen LogP contribution in [0, 0.1) is 5.41 Å². The van der Waals surface area contributed by atoms with Gasteiger partial charge < -0.3 is 9.80 Å². The fraction of sp³-hybridized carbons (Fsp3) is 0.421. The number of hydrogen-bond donors (Lipinski definition) is 0. The lowest BCUT2D eigenvalue weighted by Gasteiger charge is -2.47. The fourth-order valence-corrected chi connectivity index (χ4v) is 4.61. The summed E-state index contributed by atoms with van der Waals surface area (Å²) in [5.41, 5.74) is 2.67. The van der Waals surface area contributed by atoms with Crippen LogP contribution in [0.5, 0.6) is 0 Å². The van der Waals surface area contributed by atoms with E-state index in [4.69, 9.17) is 0 Å². The van der Waals surface area contributed by atoms with Crippen molar-refractivity contribution < 1.29 is 9.59 Å². The van der Waals surface area contributed by atoms with Gasteiger partial charge in [-0.2, -0.15) is 0 Å². The number of piperidine rings is 2. The topological polar surface area (TPSA) is 53.5 Å². The molecule has 2 aliphatic heterocycles. The molecule has 1 aromatic carbocycles. The summed E-state index contributed by atoms with van der Waals surface area (Å²) in [6, 6.07) is 9.85. The molecule has 3 heterocycles. The number of hydrogen-bond acceptors (Lipinski definition) is 4. The smallest absolute Gasteiger partial charge is 0.273 e. The highest BCUT2D eigenvalue weighted by atomic mass is 32.1. The number of carbonyl (C=O) groups is 2. The minimum Gasteiger partial charge on any atom is -0.336 e. The molecule has 1 unspecified atom stereocenters. The molecule has 4 rings (SSSR count). The molecule has 1 atom stereocenters.